The molecular formula is B4Th. The van der Waals surface area contributed by atoms with E-state index in [1.807, 2.05) is 28.2 Å². The van der Waals surface area contributed by atoms with Gasteiger partial charge in [0.15, 0.2) is 0 Å². The van der Waals surface area contributed by atoms with Crippen molar-refractivity contribution in [2.24, 2.45) is 0 Å². The maximum Gasteiger partial charge on any atom is 0 e. The Balaban J connectivity index is 0.000000160. The Kier molecular flexibility index (Phi) is 4.96. The Hall–Kier alpha value is 1.58. The maximum absolute atomic E-state index is 2.00. The SMILES string of the molecule is [B]1[B][B][B]1.[Th]. The van der Waals surface area contributed by atoms with Gasteiger partial charge in [-0.15, -0.1) is 0 Å². The summed E-state index contributed by atoms with van der Waals surface area (Å²) < 4.78 is 0. The Morgan fingerprint density at radius 3 is 0.800 bits per heavy atom. The summed E-state index contributed by atoms with van der Waals surface area (Å²) in [6.45, 7) is 0. The van der Waals surface area contributed by atoms with E-state index >= 15 is 0 Å². The molecule has 16 valence electrons. The van der Waals surface area contributed by atoms with E-state index in [-0.39, 0.29) is 39.9 Å². The zero-order valence-electron chi connectivity index (χ0n) is 2.81. The molecule has 0 aromatic rings. The fourth-order valence-electron chi connectivity index (χ4n) is 0.111. The van der Waals surface area contributed by atoms with E-state index < -0.39 is 0 Å². The quantitative estimate of drug-likeness (QED) is 0.471. The monoisotopic (exact) mass is 276 g/mol. The average molecular weight is 275 g/mol. The molecule has 0 N–H and O–H groups in total. The van der Waals surface area contributed by atoms with Crippen molar-refractivity contribution in [2.45, 2.75) is 0 Å². The van der Waals surface area contributed by atoms with Gasteiger partial charge in [0.1, 0.15) is 0 Å². The molecule has 0 nitrogen and oxygen atoms in total. The molecule has 0 aromatic carbocycles. The van der Waals surface area contributed by atoms with Crippen LogP contribution in [-0.2, 0) is 0 Å². The molecule has 0 unspecified atom stereocenters. The Bertz CT molecular complexity index is 11.6. The molecule has 0 atom stereocenters. The first-order chi connectivity index (χ1) is 2.00. The van der Waals surface area contributed by atoms with Crippen molar-refractivity contribution in [1.29, 1.82) is 0 Å². The van der Waals surface area contributed by atoms with Gasteiger partial charge < -0.3 is 0 Å². The third-order valence-electron chi connectivity index (χ3n) is 0.444. The molecule has 0 aliphatic carbocycles. The van der Waals surface area contributed by atoms with Crippen LogP contribution in [0.5, 0.6) is 0 Å². The summed E-state index contributed by atoms with van der Waals surface area (Å²) in [4.78, 5) is 0. The first-order valence-corrected chi connectivity index (χ1v) is 1.33. The molecule has 0 bridgehead atoms. The molecule has 1 rings (SSSR count). The van der Waals surface area contributed by atoms with Crippen LogP contribution in [0.1, 0.15) is 0 Å². The molecule has 4 radical (unpaired) electrons. The molecule has 0 aromatic heterocycles. The van der Waals surface area contributed by atoms with E-state index in [1.54, 1.807) is 0 Å². The van der Waals surface area contributed by atoms with E-state index in [4.69, 9.17) is 0 Å². The van der Waals surface area contributed by atoms with Gasteiger partial charge in [0.2, 0.25) is 0 Å². The van der Waals surface area contributed by atoms with E-state index in [1.165, 1.54) is 0 Å². The first kappa shape index (κ1) is 6.58. The predicted molar refractivity (Wildman–Crippen MR) is 23.0 cm³/mol. The van der Waals surface area contributed by atoms with Crippen molar-refractivity contribution in [1.82, 2.24) is 0 Å². The summed E-state index contributed by atoms with van der Waals surface area (Å²) in [5.41, 5.74) is 0. The van der Waals surface area contributed by atoms with E-state index in [0.717, 1.165) is 0 Å². The van der Waals surface area contributed by atoms with Gasteiger partial charge in [-0.2, -0.15) is 0 Å². The average Bonchev–Trinajstić information content (AvgIpc) is 0.722. The molecule has 1 heterocycles. The molecule has 5 heavy (non-hydrogen) atoms. The van der Waals surface area contributed by atoms with Gasteiger partial charge in [-0.3, -0.25) is 0 Å². The van der Waals surface area contributed by atoms with Crippen molar-refractivity contribution in [3.8, 4) is 0 Å². The standard InChI is InChI=1S/B4.Th/c1-2-4-3-1;. The summed E-state index contributed by atoms with van der Waals surface area (Å²) in [7, 11) is 8.00. The van der Waals surface area contributed by atoms with Gasteiger partial charge in [-0.25, -0.2) is 0 Å². The van der Waals surface area contributed by atoms with Crippen LogP contribution in [0.15, 0.2) is 0 Å². The van der Waals surface area contributed by atoms with Crippen molar-refractivity contribution >= 4 is 28.2 Å². The number of hydrogen-bond donors (Lipinski definition) is 0. The smallest absolute Gasteiger partial charge is 0 e. The van der Waals surface area contributed by atoms with E-state index in [2.05, 4.69) is 0 Å². The van der Waals surface area contributed by atoms with E-state index in [0.29, 0.717) is 0 Å². The summed E-state index contributed by atoms with van der Waals surface area (Å²) >= 11 is 0. The van der Waals surface area contributed by atoms with Gasteiger partial charge in [0, 0.05) is 68.2 Å². The Morgan fingerprint density at radius 1 is 0.600 bits per heavy atom. The second kappa shape index (κ2) is 3.76. The van der Waals surface area contributed by atoms with Crippen molar-refractivity contribution in [3.63, 3.8) is 0 Å². The molecular weight excluding hydrogens is 275 g/mol. The number of rotatable bonds is 0. The van der Waals surface area contributed by atoms with Crippen molar-refractivity contribution in [2.75, 3.05) is 0 Å². The van der Waals surface area contributed by atoms with Gasteiger partial charge >= 0.3 is 0 Å². The third kappa shape index (κ3) is 2.30. The summed E-state index contributed by atoms with van der Waals surface area (Å²) in [5, 5.41) is 0. The van der Waals surface area contributed by atoms with Crippen LogP contribution in [0.4, 0.5) is 0 Å². The van der Waals surface area contributed by atoms with Crippen LogP contribution in [0.25, 0.3) is 0 Å². The van der Waals surface area contributed by atoms with Crippen LogP contribution < -0.4 is 0 Å². The molecule has 5 heteroatoms. The molecule has 0 saturated carbocycles. The minimum atomic E-state index is 0. The van der Waals surface area contributed by atoms with Gasteiger partial charge in [0.05, 0.1) is 0 Å². The molecule has 1 aliphatic rings. The minimum absolute atomic E-state index is 0. The molecule has 0 amide bonds. The third-order valence-corrected chi connectivity index (χ3v) is 0.444. The van der Waals surface area contributed by atoms with Crippen LogP contribution in [0.3, 0.4) is 0 Å². The summed E-state index contributed by atoms with van der Waals surface area (Å²) in [6.07, 6.45) is 0. The zero-order valence-corrected chi connectivity index (χ0v) is 6.92. The Labute approximate surface area is 67.4 Å². The van der Waals surface area contributed by atoms with Crippen molar-refractivity contribution < 1.29 is 39.9 Å². The molecule has 1 fully saturated rings. The van der Waals surface area contributed by atoms with Gasteiger partial charge in [-0.05, 0) is 0 Å². The van der Waals surface area contributed by atoms with Crippen LogP contribution >= 0.6 is 0 Å². The second-order valence-corrected chi connectivity index (χ2v) is 0.770. The molecule has 1 aliphatic heterocycles. The fourth-order valence-corrected chi connectivity index (χ4v) is 0.111. The first-order valence-electron chi connectivity index (χ1n) is 1.33. The topological polar surface area (TPSA) is 0 Å². The fraction of sp³-hybridized carbons (Fsp3) is 0. The second-order valence-electron chi connectivity index (χ2n) is 0.770. The van der Waals surface area contributed by atoms with Gasteiger partial charge in [0.25, 0.3) is 0 Å². The number of hydrogen-bond acceptors (Lipinski definition) is 0. The zero-order chi connectivity index (χ0) is 2.83. The normalized spacial score (nSPS) is 12.8. The Morgan fingerprint density at radius 2 is 0.800 bits per heavy atom. The van der Waals surface area contributed by atoms with Gasteiger partial charge in [-0.1, -0.05) is 0 Å². The summed E-state index contributed by atoms with van der Waals surface area (Å²) in [6, 6.07) is 0. The summed E-state index contributed by atoms with van der Waals surface area (Å²) in [5.74, 6) is 0. The maximum atomic E-state index is 2.00. The largest absolute Gasteiger partial charge is 0 e. The van der Waals surface area contributed by atoms with E-state index in [9.17, 15) is 0 Å². The molecule has 1 saturated heterocycles. The van der Waals surface area contributed by atoms with Crippen molar-refractivity contribution in [3.05, 3.63) is 0 Å². The predicted octanol–water partition coefficient (Wildman–Crippen LogP) is -1.52. The molecule has 0 spiro atoms. The van der Waals surface area contributed by atoms with Crippen LogP contribution in [0, 0.1) is 39.9 Å². The van der Waals surface area contributed by atoms with Crippen LogP contribution in [0.2, 0.25) is 0 Å². The minimum Gasteiger partial charge on any atom is 0 e. The van der Waals surface area contributed by atoms with Crippen LogP contribution in [-0.4, -0.2) is 28.2 Å².